The normalized spacial score (nSPS) is 16.1. The van der Waals surface area contributed by atoms with Crippen molar-refractivity contribution in [2.45, 2.75) is 32.2 Å². The Balaban J connectivity index is 1.92. The van der Waals surface area contributed by atoms with Crippen LogP contribution >= 0.6 is 0 Å². The molecule has 90 valence electrons. The van der Waals surface area contributed by atoms with Gasteiger partial charge in [0, 0.05) is 11.0 Å². The molecule has 4 heteroatoms. The lowest BCUT2D eigenvalue weighted by Crippen LogP contribution is -2.03. The average molecular weight is 231 g/mol. The van der Waals surface area contributed by atoms with Gasteiger partial charge in [0.05, 0.1) is 6.61 Å². The predicted octanol–water partition coefficient (Wildman–Crippen LogP) is 3.72. The van der Waals surface area contributed by atoms with Gasteiger partial charge in [0.2, 0.25) is 0 Å². The second-order valence-corrected chi connectivity index (χ2v) is 4.66. The second-order valence-electron chi connectivity index (χ2n) is 4.66. The maximum absolute atomic E-state index is 8.36. The summed E-state index contributed by atoms with van der Waals surface area (Å²) < 4.78 is 5.71. The smallest absolute Gasteiger partial charge is 0.119 e. The fraction of sp³-hybridized carbons (Fsp3) is 0.538. The summed E-state index contributed by atoms with van der Waals surface area (Å²) in [6.07, 6.45) is 3.35. The molecule has 0 bridgehead atoms. The van der Waals surface area contributed by atoms with Crippen molar-refractivity contribution in [3.8, 4) is 5.75 Å². The van der Waals surface area contributed by atoms with Crippen molar-refractivity contribution in [3.05, 3.63) is 40.3 Å². The standard InChI is InChI=1S/C13H17N3O/c1-10(15-16-14)7-12-3-2-4-13(8-12)17-9-11-5-6-11/h2-4,8,10-11H,5-7,9H2,1H3/t10-/m0/s1. The Labute approximate surface area is 101 Å². The van der Waals surface area contributed by atoms with Crippen molar-refractivity contribution in [1.82, 2.24) is 0 Å². The van der Waals surface area contributed by atoms with Crippen molar-refractivity contribution in [3.63, 3.8) is 0 Å². The van der Waals surface area contributed by atoms with Gasteiger partial charge in [-0.15, -0.1) is 0 Å². The third-order valence-electron chi connectivity index (χ3n) is 2.86. The molecule has 1 aromatic rings. The first-order valence-corrected chi connectivity index (χ1v) is 6.04. The molecule has 0 aliphatic heterocycles. The first-order valence-electron chi connectivity index (χ1n) is 6.04. The van der Waals surface area contributed by atoms with E-state index in [2.05, 4.69) is 10.0 Å². The molecule has 1 saturated carbocycles. The van der Waals surface area contributed by atoms with Crippen LogP contribution < -0.4 is 4.74 Å². The van der Waals surface area contributed by atoms with E-state index in [4.69, 9.17) is 10.3 Å². The minimum Gasteiger partial charge on any atom is -0.493 e. The third-order valence-corrected chi connectivity index (χ3v) is 2.86. The lowest BCUT2D eigenvalue weighted by atomic mass is 10.1. The van der Waals surface area contributed by atoms with Crippen molar-refractivity contribution in [2.75, 3.05) is 6.61 Å². The van der Waals surface area contributed by atoms with Crippen LogP contribution in [0.1, 0.15) is 25.3 Å². The van der Waals surface area contributed by atoms with E-state index in [1.54, 1.807) is 0 Å². The monoisotopic (exact) mass is 231 g/mol. The average Bonchev–Trinajstić information content (AvgIpc) is 3.11. The van der Waals surface area contributed by atoms with E-state index in [1.807, 2.05) is 31.2 Å². The Morgan fingerprint density at radius 1 is 1.53 bits per heavy atom. The van der Waals surface area contributed by atoms with Gasteiger partial charge in [0.25, 0.3) is 0 Å². The molecule has 1 atom stereocenters. The summed E-state index contributed by atoms with van der Waals surface area (Å²) in [5, 5.41) is 3.67. The summed E-state index contributed by atoms with van der Waals surface area (Å²) in [4.78, 5) is 2.82. The van der Waals surface area contributed by atoms with Gasteiger partial charge in [-0.2, -0.15) is 0 Å². The molecule has 1 aliphatic carbocycles. The highest BCUT2D eigenvalue weighted by Crippen LogP contribution is 2.29. The molecule has 1 aliphatic rings. The first kappa shape index (κ1) is 11.8. The Hall–Kier alpha value is -1.67. The van der Waals surface area contributed by atoms with E-state index in [9.17, 15) is 0 Å². The minimum absolute atomic E-state index is 0.0151. The number of hydrogen-bond donors (Lipinski definition) is 0. The van der Waals surface area contributed by atoms with Gasteiger partial charge < -0.3 is 4.74 Å². The van der Waals surface area contributed by atoms with Gasteiger partial charge in [0.1, 0.15) is 5.75 Å². The summed E-state index contributed by atoms with van der Waals surface area (Å²) in [6, 6.07) is 8.02. The first-order chi connectivity index (χ1) is 8.28. The van der Waals surface area contributed by atoms with E-state index < -0.39 is 0 Å². The van der Waals surface area contributed by atoms with E-state index in [-0.39, 0.29) is 6.04 Å². The van der Waals surface area contributed by atoms with E-state index in [0.717, 1.165) is 30.3 Å². The maximum Gasteiger partial charge on any atom is 0.119 e. The van der Waals surface area contributed by atoms with Crippen molar-refractivity contribution >= 4 is 0 Å². The Kier molecular flexibility index (Phi) is 3.89. The van der Waals surface area contributed by atoms with Crippen LogP contribution in [-0.4, -0.2) is 12.6 Å². The van der Waals surface area contributed by atoms with Gasteiger partial charge in [-0.05, 0) is 48.4 Å². The number of hydrogen-bond acceptors (Lipinski definition) is 2. The van der Waals surface area contributed by atoms with E-state index >= 15 is 0 Å². The van der Waals surface area contributed by atoms with Crippen LogP contribution in [0.3, 0.4) is 0 Å². The molecule has 0 spiro atoms. The Morgan fingerprint density at radius 2 is 2.35 bits per heavy atom. The number of ether oxygens (including phenoxy) is 1. The molecular formula is C13H17N3O. The largest absolute Gasteiger partial charge is 0.493 e. The lowest BCUT2D eigenvalue weighted by molar-refractivity contribution is 0.299. The van der Waals surface area contributed by atoms with Gasteiger partial charge in [-0.25, -0.2) is 0 Å². The van der Waals surface area contributed by atoms with Gasteiger partial charge in [-0.1, -0.05) is 24.2 Å². The Morgan fingerprint density at radius 3 is 3.06 bits per heavy atom. The van der Waals surface area contributed by atoms with Crippen LogP contribution in [0.25, 0.3) is 10.4 Å². The summed E-state index contributed by atoms with van der Waals surface area (Å²) in [6.45, 7) is 2.74. The van der Waals surface area contributed by atoms with E-state index in [1.165, 1.54) is 12.8 Å². The number of benzene rings is 1. The molecule has 0 unspecified atom stereocenters. The van der Waals surface area contributed by atoms with Crippen LogP contribution in [0.2, 0.25) is 0 Å². The van der Waals surface area contributed by atoms with Crippen LogP contribution in [-0.2, 0) is 6.42 Å². The minimum atomic E-state index is -0.0151. The fourth-order valence-electron chi connectivity index (χ4n) is 1.73. The van der Waals surface area contributed by atoms with Crippen LogP contribution in [0, 0.1) is 5.92 Å². The van der Waals surface area contributed by atoms with Gasteiger partial charge in [0.15, 0.2) is 0 Å². The molecule has 2 rings (SSSR count). The molecule has 0 radical (unpaired) electrons. The summed E-state index contributed by atoms with van der Waals surface area (Å²) in [7, 11) is 0. The van der Waals surface area contributed by atoms with Crippen molar-refractivity contribution in [1.29, 1.82) is 0 Å². The topological polar surface area (TPSA) is 58.0 Å². The van der Waals surface area contributed by atoms with Crippen LogP contribution in [0.15, 0.2) is 29.4 Å². The predicted molar refractivity (Wildman–Crippen MR) is 67.0 cm³/mol. The van der Waals surface area contributed by atoms with Gasteiger partial charge >= 0.3 is 0 Å². The quantitative estimate of drug-likeness (QED) is 0.418. The molecule has 0 aromatic heterocycles. The molecule has 0 N–H and O–H groups in total. The molecule has 0 saturated heterocycles. The van der Waals surface area contributed by atoms with Crippen molar-refractivity contribution in [2.24, 2.45) is 11.0 Å². The molecule has 0 heterocycles. The third kappa shape index (κ3) is 4.00. The highest BCUT2D eigenvalue weighted by molar-refractivity contribution is 5.29. The highest BCUT2D eigenvalue weighted by Gasteiger charge is 2.21. The van der Waals surface area contributed by atoms with Crippen LogP contribution in [0.4, 0.5) is 0 Å². The van der Waals surface area contributed by atoms with Gasteiger partial charge in [-0.3, -0.25) is 0 Å². The molecule has 1 aromatic carbocycles. The summed E-state index contributed by atoms with van der Waals surface area (Å²) >= 11 is 0. The van der Waals surface area contributed by atoms with Crippen molar-refractivity contribution < 1.29 is 4.74 Å². The molecule has 17 heavy (non-hydrogen) atoms. The molecular weight excluding hydrogens is 214 g/mol. The maximum atomic E-state index is 8.36. The second kappa shape index (κ2) is 5.60. The SMILES string of the molecule is C[C@@H](Cc1cccc(OCC2CC2)c1)N=[N+]=[N-]. The molecule has 4 nitrogen and oxygen atoms in total. The number of rotatable bonds is 6. The molecule has 0 amide bonds. The fourth-order valence-corrected chi connectivity index (χ4v) is 1.73. The number of azide groups is 1. The summed E-state index contributed by atoms with van der Waals surface area (Å²) in [5.74, 6) is 1.68. The highest BCUT2D eigenvalue weighted by atomic mass is 16.5. The zero-order valence-corrected chi connectivity index (χ0v) is 10.0. The zero-order valence-electron chi connectivity index (χ0n) is 10.0. The lowest BCUT2D eigenvalue weighted by Gasteiger charge is -2.08. The van der Waals surface area contributed by atoms with E-state index in [0.29, 0.717) is 0 Å². The number of nitrogens with zero attached hydrogens (tertiary/aromatic N) is 3. The zero-order chi connectivity index (χ0) is 12.1. The Bertz CT molecular complexity index is 422. The molecule has 1 fully saturated rings. The van der Waals surface area contributed by atoms with Crippen LogP contribution in [0.5, 0.6) is 5.75 Å². The summed E-state index contributed by atoms with van der Waals surface area (Å²) in [5.41, 5.74) is 9.51.